The van der Waals surface area contributed by atoms with E-state index in [1.807, 2.05) is 6.20 Å². The number of hydrogen-bond acceptors (Lipinski definition) is 3. The average molecular weight is 1200 g/mol. The number of para-hydroxylation sites is 2. The molecule has 444 valence electrons. The molecule has 0 aliphatic carbocycles. The summed E-state index contributed by atoms with van der Waals surface area (Å²) in [6.45, 7) is 14.4. The van der Waals surface area contributed by atoms with Gasteiger partial charge in [0.15, 0.2) is 8.07 Å². The van der Waals surface area contributed by atoms with Gasteiger partial charge in [-0.2, -0.15) is 0 Å². The van der Waals surface area contributed by atoms with E-state index in [0.717, 1.165) is 45.1 Å². The zero-order valence-electron chi connectivity index (χ0n) is 52.8. The molecule has 12 aromatic carbocycles. The summed E-state index contributed by atoms with van der Waals surface area (Å²) in [6.07, 6.45) is 1.95. The van der Waals surface area contributed by atoms with Gasteiger partial charge in [-0.25, -0.2) is 4.98 Å². The van der Waals surface area contributed by atoms with Crippen molar-refractivity contribution in [3.05, 3.63) is 315 Å². The molecule has 92 heavy (non-hydrogen) atoms. The van der Waals surface area contributed by atoms with Crippen LogP contribution in [0.5, 0.6) is 11.5 Å². The van der Waals surface area contributed by atoms with Crippen molar-refractivity contribution in [2.75, 3.05) is 4.90 Å². The Hall–Kier alpha value is -10.8. The van der Waals surface area contributed by atoms with Crippen LogP contribution in [0.25, 0.3) is 93.2 Å². The van der Waals surface area contributed by atoms with Crippen LogP contribution in [0.3, 0.4) is 0 Å². The molecule has 0 radical (unpaired) electrons. The Bertz CT molecular complexity index is 5330. The molecule has 1 aliphatic heterocycles. The van der Waals surface area contributed by atoms with Crippen molar-refractivity contribution in [2.45, 2.75) is 59.0 Å². The van der Waals surface area contributed by atoms with Crippen LogP contribution in [0.15, 0.2) is 303 Å². The number of fused-ring (bicyclic) bond motifs is 10. The third-order valence-electron chi connectivity index (χ3n) is 19.1. The third kappa shape index (κ3) is 9.47. The highest BCUT2D eigenvalue weighted by molar-refractivity contribution is 7.20. The molecular weight excluding hydrogens is 1130 g/mol. The lowest BCUT2D eigenvalue weighted by atomic mass is 9.85. The maximum Gasteiger partial charge on any atom is 0.179 e. The van der Waals surface area contributed by atoms with Crippen molar-refractivity contribution in [3.63, 3.8) is 0 Å². The van der Waals surface area contributed by atoms with E-state index in [9.17, 15) is 0 Å². The van der Waals surface area contributed by atoms with Crippen LogP contribution in [0.2, 0.25) is 0 Å². The van der Waals surface area contributed by atoms with E-state index in [2.05, 4.69) is 353 Å². The molecule has 3 aromatic heterocycles. The van der Waals surface area contributed by atoms with E-state index >= 15 is 0 Å². The molecule has 4 heterocycles. The van der Waals surface area contributed by atoms with Crippen molar-refractivity contribution in [2.24, 2.45) is 0 Å². The molecule has 15 aromatic rings. The summed E-state index contributed by atoms with van der Waals surface area (Å²) in [5.41, 5.74) is 13.6. The van der Waals surface area contributed by atoms with Gasteiger partial charge in [0.1, 0.15) is 24.0 Å². The summed E-state index contributed by atoms with van der Waals surface area (Å²) < 4.78 is 12.1. The predicted molar refractivity (Wildman–Crippen MR) is 391 cm³/mol. The Kier molecular flexibility index (Phi) is 13.7. The number of benzene rings is 12. The highest BCUT2D eigenvalue weighted by atomic mass is 28.3. The number of aromatic nitrogens is 3. The zero-order chi connectivity index (χ0) is 62.3. The van der Waals surface area contributed by atoms with Crippen molar-refractivity contribution in [1.82, 2.24) is 14.1 Å². The molecule has 0 amide bonds. The summed E-state index contributed by atoms with van der Waals surface area (Å²) in [6, 6.07) is 110. The summed E-state index contributed by atoms with van der Waals surface area (Å²) in [7, 11) is -3.00. The van der Waals surface area contributed by atoms with Crippen molar-refractivity contribution in [1.29, 1.82) is 0 Å². The lowest BCUT2D eigenvalue weighted by Gasteiger charge is -2.36. The van der Waals surface area contributed by atoms with Crippen LogP contribution in [-0.2, 0) is 17.5 Å². The van der Waals surface area contributed by atoms with Gasteiger partial charge in [-0.3, -0.25) is 4.57 Å². The van der Waals surface area contributed by atoms with Crippen LogP contribution in [0, 0.1) is 0 Å². The van der Waals surface area contributed by atoms with Crippen LogP contribution >= 0.6 is 0 Å². The summed E-state index contributed by atoms with van der Waals surface area (Å²) in [5, 5.41) is 14.9. The number of rotatable bonds is 10. The van der Waals surface area contributed by atoms with Crippen molar-refractivity contribution < 1.29 is 4.74 Å². The molecule has 0 saturated heterocycles. The number of hydrogen-bond donors (Lipinski definition) is 0. The Morgan fingerprint density at radius 3 is 1.53 bits per heavy atom. The number of nitrogens with zero attached hydrogens (tertiary/aromatic N) is 4. The van der Waals surface area contributed by atoms with Crippen molar-refractivity contribution in [3.8, 4) is 39.6 Å². The molecule has 0 saturated carbocycles. The minimum atomic E-state index is -3.00. The molecular formula is C86H70N4OSi. The smallest absolute Gasteiger partial charge is 0.179 e. The maximum atomic E-state index is 7.12. The second-order valence-corrected chi connectivity index (χ2v) is 30.5. The monoisotopic (exact) mass is 1200 g/mol. The maximum absolute atomic E-state index is 7.12. The molecule has 0 bridgehead atoms. The fourth-order valence-electron chi connectivity index (χ4n) is 14.7. The highest BCUT2D eigenvalue weighted by Gasteiger charge is 2.42. The predicted octanol–water partition coefficient (Wildman–Crippen LogP) is 19.9. The van der Waals surface area contributed by atoms with Gasteiger partial charge in [-0.15, -0.1) is 0 Å². The first-order valence-corrected chi connectivity index (χ1v) is 34.1. The lowest BCUT2D eigenvalue weighted by molar-refractivity contribution is 0.483. The first-order valence-electron chi connectivity index (χ1n) is 32.1. The van der Waals surface area contributed by atoms with Gasteiger partial charge in [0.2, 0.25) is 0 Å². The first-order chi connectivity index (χ1) is 44.9. The van der Waals surface area contributed by atoms with E-state index in [1.54, 1.807) is 0 Å². The minimum absolute atomic E-state index is 0.0675. The van der Waals surface area contributed by atoms with Crippen LogP contribution in [0.4, 0.5) is 11.4 Å². The third-order valence-corrected chi connectivity index (χ3v) is 23.9. The van der Waals surface area contributed by atoms with Gasteiger partial charge in [0, 0.05) is 51.1 Å². The van der Waals surface area contributed by atoms with Gasteiger partial charge in [0.25, 0.3) is 0 Å². The summed E-state index contributed by atoms with van der Waals surface area (Å²) in [4.78, 5) is 7.55. The molecule has 0 spiro atoms. The van der Waals surface area contributed by atoms with Gasteiger partial charge in [-0.05, 0) is 129 Å². The number of anilines is 2. The van der Waals surface area contributed by atoms with Crippen LogP contribution < -0.4 is 30.4 Å². The highest BCUT2D eigenvalue weighted by Crippen LogP contribution is 2.47. The molecule has 0 fully saturated rings. The Labute approximate surface area is 539 Å². The standard InChI is InChI=1S/C86H70N4OSi/c1-85(2,3)60-49-50-87-81(54-60)90-78-45-25-41-69(58-27-11-7-12-28-58)82(78)77-48-47-64(56-80(77)90)91-63-30-23-29-62(55-63)88-57-89-83-70(42-24-43-75(83)73-39-21-19-37-71(73)72-38-20-22-40-74(72)76-44-26-46-79(88)84(76)89)59-51-61(86(4,5)6)53-68(52-59)92(65-31-13-8-14-32-65,66-33-15-9-16-34-66)67-35-17-10-18-36-67/h7-56H,57H2,1-6H3. The molecule has 0 N–H and O–H groups in total. The second-order valence-electron chi connectivity index (χ2n) is 26.7. The molecule has 0 unspecified atom stereocenters. The number of ether oxygens (including phenoxy) is 1. The number of pyridine rings is 1. The average Bonchev–Trinajstić information content (AvgIpc) is 1.33. The first kappa shape index (κ1) is 56.4. The molecule has 5 nitrogen and oxygen atoms in total. The fourth-order valence-corrected chi connectivity index (χ4v) is 19.5. The molecule has 16 rings (SSSR count). The van der Waals surface area contributed by atoms with Gasteiger partial charge in [0.05, 0.1) is 27.8 Å². The topological polar surface area (TPSA) is 35.2 Å². The zero-order valence-corrected chi connectivity index (χ0v) is 53.8. The van der Waals surface area contributed by atoms with E-state index in [4.69, 9.17) is 9.72 Å². The van der Waals surface area contributed by atoms with E-state index in [1.165, 1.54) is 103 Å². The summed E-state index contributed by atoms with van der Waals surface area (Å²) in [5.74, 6) is 2.36. The molecule has 1 aliphatic rings. The largest absolute Gasteiger partial charge is 0.457 e. The van der Waals surface area contributed by atoms with E-state index < -0.39 is 8.07 Å². The van der Waals surface area contributed by atoms with Crippen LogP contribution in [0.1, 0.15) is 52.7 Å². The second kappa shape index (κ2) is 22.3. The summed E-state index contributed by atoms with van der Waals surface area (Å²) >= 11 is 0. The Morgan fingerprint density at radius 2 is 0.902 bits per heavy atom. The quantitative estimate of drug-likeness (QED) is 0.101. The van der Waals surface area contributed by atoms with Gasteiger partial charge in [-0.1, -0.05) is 278 Å². The Morgan fingerprint density at radius 1 is 0.370 bits per heavy atom. The molecule has 0 atom stereocenters. The normalized spacial score (nSPS) is 12.6. The fraction of sp³-hybridized carbons (Fsp3) is 0.105. The van der Waals surface area contributed by atoms with Gasteiger partial charge < -0.3 is 14.2 Å². The van der Waals surface area contributed by atoms with Crippen molar-refractivity contribution >= 4 is 105 Å². The lowest BCUT2D eigenvalue weighted by Crippen LogP contribution is -2.74. The van der Waals surface area contributed by atoms with Crippen LogP contribution in [-0.4, -0.2) is 22.2 Å². The van der Waals surface area contributed by atoms with Gasteiger partial charge >= 0.3 is 0 Å². The van der Waals surface area contributed by atoms with E-state index in [-0.39, 0.29) is 10.8 Å². The van der Waals surface area contributed by atoms with E-state index in [0.29, 0.717) is 6.67 Å². The Balaban J connectivity index is 0.907. The minimum Gasteiger partial charge on any atom is -0.457 e. The SMILES string of the molecule is CC(C)(C)c1cc(-c2cccc3c4ccccc4c4ccccc4c4cccc5c4n(c23)CN5c2cccc(Oc3ccc4c5c(-c6ccccc6)cccc5n(-c5cc(C(C)(C)C)ccn5)c4c3)c2)cc([Si](c2ccccc2)(c2ccccc2)c2ccccc2)c1. The molecule has 6 heteroatoms.